The highest BCUT2D eigenvalue weighted by Gasteiger charge is 2.70. The molecule has 2 aromatic rings. The third kappa shape index (κ3) is 6.11. The zero-order valence-corrected chi connectivity index (χ0v) is 27.0. The van der Waals surface area contributed by atoms with Gasteiger partial charge in [-0.2, -0.15) is 0 Å². The maximum atomic E-state index is 13.9. The van der Waals surface area contributed by atoms with Gasteiger partial charge in [-0.3, -0.25) is 14.4 Å². The van der Waals surface area contributed by atoms with Crippen LogP contribution in [0.2, 0.25) is 0 Å². The van der Waals surface area contributed by atoms with E-state index in [-0.39, 0.29) is 34.6 Å². The fourth-order valence-electron chi connectivity index (χ4n) is 8.09. The number of nitrogens with one attached hydrogen (secondary N) is 2. The van der Waals surface area contributed by atoms with Crippen LogP contribution in [0.4, 0.5) is 16.2 Å². The molecule has 0 radical (unpaired) electrons. The number of amides is 4. The zero-order chi connectivity index (χ0) is 32.5. The van der Waals surface area contributed by atoms with Gasteiger partial charge in [-0.1, -0.05) is 45.0 Å². The molecule has 3 N–H and O–H groups in total. The first-order valence-electron chi connectivity index (χ1n) is 16.0. The summed E-state index contributed by atoms with van der Waals surface area (Å²) in [6.45, 7) is 10.2. The fraction of sp³-hybridized carbons (Fsp3) is 0.543. The number of anilines is 2. The molecule has 2 aromatic carbocycles. The van der Waals surface area contributed by atoms with Crippen LogP contribution in [0.15, 0.2) is 42.5 Å². The highest BCUT2D eigenvalue weighted by Crippen LogP contribution is 2.70. The summed E-state index contributed by atoms with van der Waals surface area (Å²) in [5.41, 5.74) is 2.54. The van der Waals surface area contributed by atoms with Crippen molar-refractivity contribution in [2.24, 2.45) is 28.6 Å². The Bertz CT molecular complexity index is 1470. The molecule has 10 nitrogen and oxygen atoms in total. The van der Waals surface area contributed by atoms with E-state index in [1.54, 1.807) is 6.07 Å². The molecule has 2 aliphatic carbocycles. The Hall–Kier alpha value is -4.08. The van der Waals surface area contributed by atoms with Crippen LogP contribution >= 0.6 is 0 Å². The summed E-state index contributed by atoms with van der Waals surface area (Å²) in [4.78, 5) is 55.7. The Kier molecular flexibility index (Phi) is 9.14. The average Bonchev–Trinajstić information content (AvgIpc) is 3.20. The van der Waals surface area contributed by atoms with Gasteiger partial charge < -0.3 is 30.3 Å². The van der Waals surface area contributed by atoms with E-state index >= 15 is 0 Å². The first-order valence-corrected chi connectivity index (χ1v) is 16.0. The molecule has 1 saturated heterocycles. The first-order chi connectivity index (χ1) is 21.4. The summed E-state index contributed by atoms with van der Waals surface area (Å²) in [6, 6.07) is 12.6. The Labute approximate surface area is 265 Å². The van der Waals surface area contributed by atoms with E-state index in [9.17, 15) is 24.3 Å². The highest BCUT2D eigenvalue weighted by atomic mass is 16.5. The van der Waals surface area contributed by atoms with Crippen LogP contribution in [0.25, 0.3) is 0 Å². The molecule has 3 aliphatic rings. The Morgan fingerprint density at radius 3 is 2.36 bits per heavy atom. The quantitative estimate of drug-likeness (QED) is 0.363. The van der Waals surface area contributed by atoms with Crippen LogP contribution in [0.1, 0.15) is 57.6 Å². The van der Waals surface area contributed by atoms with Gasteiger partial charge in [-0.15, -0.1) is 0 Å². The van der Waals surface area contributed by atoms with E-state index in [0.717, 1.165) is 29.7 Å². The number of para-hydroxylation sites is 1. The number of hydrogen-bond acceptors (Lipinski definition) is 5. The maximum absolute atomic E-state index is 13.9. The number of methoxy groups -OCH3 is 1. The Balaban J connectivity index is 1.16. The Morgan fingerprint density at radius 2 is 1.64 bits per heavy atom. The van der Waals surface area contributed by atoms with E-state index < -0.39 is 17.8 Å². The van der Waals surface area contributed by atoms with E-state index in [1.807, 2.05) is 53.1 Å². The van der Waals surface area contributed by atoms with Crippen molar-refractivity contribution in [3.05, 3.63) is 53.6 Å². The van der Waals surface area contributed by atoms with E-state index in [1.165, 1.54) is 7.11 Å². The van der Waals surface area contributed by atoms with Crippen LogP contribution in [0.5, 0.6) is 5.75 Å². The van der Waals surface area contributed by atoms with Crippen molar-refractivity contribution < 1.29 is 29.0 Å². The minimum Gasteiger partial charge on any atom is -0.495 e. The number of nitrogens with zero attached hydrogens (tertiary/aromatic N) is 2. The van der Waals surface area contributed by atoms with Crippen LogP contribution in [0.3, 0.4) is 0 Å². The number of carboxylic acids is 1. The molecule has 242 valence electrons. The molecule has 5 rings (SSSR count). The summed E-state index contributed by atoms with van der Waals surface area (Å²) in [5, 5.41) is 15.8. The number of carboxylic acid groups (broad SMARTS) is 1. The molecule has 45 heavy (non-hydrogen) atoms. The first kappa shape index (κ1) is 32.3. The van der Waals surface area contributed by atoms with Crippen molar-refractivity contribution in [1.82, 2.24) is 9.80 Å². The molecular weight excluding hydrogens is 572 g/mol. The standard InChI is InChI=1S/C35H46N4O6/c1-22-9-6-7-10-25(22)36-33(44)37-26-13-11-23(21-27(26)45-5)12-14-28(40)38-17-8-18-39(20-19-38)31(41)30-29(32(42)43)24-15-16-35(30,4)34(24,2)3/h6-7,9-11,13,21,24,29-30H,8,12,14-20H2,1-5H3,(H,42,43)(H2,36,37,44). The third-order valence-electron chi connectivity index (χ3n) is 11.1. The lowest BCUT2D eigenvalue weighted by Crippen LogP contribution is -2.48. The van der Waals surface area contributed by atoms with Crippen LogP contribution < -0.4 is 15.4 Å². The SMILES string of the molecule is COc1cc(CCC(=O)N2CCCN(C(=O)C3C(C(=O)O)C4CCC3(C)C4(C)C)CC2)ccc1NC(=O)Nc1ccccc1C. The molecule has 0 aromatic heterocycles. The van der Waals surface area contributed by atoms with Gasteiger partial charge in [-0.25, -0.2) is 4.79 Å². The maximum Gasteiger partial charge on any atom is 0.323 e. The summed E-state index contributed by atoms with van der Waals surface area (Å²) in [7, 11) is 1.54. The van der Waals surface area contributed by atoms with E-state index in [2.05, 4.69) is 31.4 Å². The minimum absolute atomic E-state index is 0.00168. The summed E-state index contributed by atoms with van der Waals surface area (Å²) < 4.78 is 5.53. The van der Waals surface area contributed by atoms with Crippen LogP contribution in [-0.4, -0.2) is 72.0 Å². The summed E-state index contributed by atoms with van der Waals surface area (Å²) in [6.07, 6.45) is 3.17. The predicted molar refractivity (Wildman–Crippen MR) is 172 cm³/mol. The van der Waals surface area contributed by atoms with Gasteiger partial charge in [0.2, 0.25) is 11.8 Å². The van der Waals surface area contributed by atoms with Gasteiger partial charge in [0.15, 0.2) is 0 Å². The number of rotatable bonds is 8. The second-order valence-corrected chi connectivity index (χ2v) is 13.6. The molecule has 4 unspecified atom stereocenters. The van der Waals surface area contributed by atoms with Crippen LogP contribution in [0, 0.1) is 35.5 Å². The van der Waals surface area contributed by atoms with Gasteiger partial charge >= 0.3 is 12.0 Å². The number of urea groups is 1. The number of carbonyl (C=O) groups excluding carboxylic acids is 3. The van der Waals surface area contributed by atoms with Crippen molar-refractivity contribution in [2.45, 2.75) is 59.8 Å². The molecule has 1 heterocycles. The molecule has 0 spiro atoms. The van der Waals surface area contributed by atoms with Crippen LogP contribution in [-0.2, 0) is 20.8 Å². The number of fused-ring (bicyclic) bond motifs is 2. The lowest BCUT2D eigenvalue weighted by Gasteiger charge is -2.41. The number of carbonyl (C=O) groups is 4. The lowest BCUT2D eigenvalue weighted by molar-refractivity contribution is -0.155. The van der Waals surface area contributed by atoms with Gasteiger partial charge in [0.1, 0.15) is 5.75 Å². The molecule has 4 amide bonds. The highest BCUT2D eigenvalue weighted by molar-refractivity contribution is 6.01. The van der Waals surface area contributed by atoms with Gasteiger partial charge in [0.05, 0.1) is 24.6 Å². The fourth-order valence-corrected chi connectivity index (χ4v) is 8.09. The smallest absolute Gasteiger partial charge is 0.323 e. The molecule has 2 bridgehead atoms. The van der Waals surface area contributed by atoms with E-state index in [4.69, 9.17) is 4.74 Å². The molecule has 1 aliphatic heterocycles. The normalized spacial score (nSPS) is 25.4. The number of aryl methyl sites for hydroxylation is 2. The largest absolute Gasteiger partial charge is 0.495 e. The topological polar surface area (TPSA) is 128 Å². The molecule has 4 atom stereocenters. The minimum atomic E-state index is -0.868. The molecule has 2 saturated carbocycles. The lowest BCUT2D eigenvalue weighted by atomic mass is 9.65. The van der Waals surface area contributed by atoms with Gasteiger partial charge in [0.25, 0.3) is 0 Å². The second-order valence-electron chi connectivity index (χ2n) is 13.6. The monoisotopic (exact) mass is 618 g/mol. The van der Waals surface area contributed by atoms with Crippen molar-refractivity contribution in [1.29, 1.82) is 0 Å². The summed E-state index contributed by atoms with van der Waals surface area (Å²) in [5.74, 6) is -1.62. The van der Waals surface area contributed by atoms with E-state index in [0.29, 0.717) is 56.9 Å². The molecular formula is C35H46N4O6. The molecule has 3 fully saturated rings. The second kappa shape index (κ2) is 12.7. The zero-order valence-electron chi connectivity index (χ0n) is 27.0. The third-order valence-corrected chi connectivity index (χ3v) is 11.1. The average molecular weight is 619 g/mol. The summed E-state index contributed by atoms with van der Waals surface area (Å²) >= 11 is 0. The number of ether oxygens (including phenoxy) is 1. The van der Waals surface area contributed by atoms with Crippen molar-refractivity contribution in [2.75, 3.05) is 43.9 Å². The number of hydrogen-bond donors (Lipinski definition) is 3. The van der Waals surface area contributed by atoms with Crippen molar-refractivity contribution >= 4 is 35.2 Å². The number of benzene rings is 2. The Morgan fingerprint density at radius 1 is 0.956 bits per heavy atom. The van der Waals surface area contributed by atoms with Gasteiger partial charge in [-0.05, 0) is 78.7 Å². The van der Waals surface area contributed by atoms with Gasteiger partial charge in [0, 0.05) is 38.3 Å². The van der Waals surface area contributed by atoms with Crippen molar-refractivity contribution in [3.8, 4) is 5.75 Å². The van der Waals surface area contributed by atoms with Crippen molar-refractivity contribution in [3.63, 3.8) is 0 Å². The number of aliphatic carboxylic acids is 1. The predicted octanol–water partition coefficient (Wildman–Crippen LogP) is 5.41. The molecule has 10 heteroatoms.